The first-order valence-corrected chi connectivity index (χ1v) is 5.14. The van der Waals surface area contributed by atoms with Crippen LogP contribution in [-0.4, -0.2) is 11.6 Å². The number of hydrogen-bond donors (Lipinski definition) is 0. The van der Waals surface area contributed by atoms with Crippen molar-refractivity contribution in [1.29, 1.82) is 0 Å². The molecule has 0 N–H and O–H groups in total. The summed E-state index contributed by atoms with van der Waals surface area (Å²) in [5, 5.41) is 0. The van der Waals surface area contributed by atoms with Crippen LogP contribution >= 0.6 is 0 Å². The smallest absolute Gasteiger partial charge is 0.134 e. The summed E-state index contributed by atoms with van der Waals surface area (Å²) in [7, 11) is 0. The van der Waals surface area contributed by atoms with Gasteiger partial charge in [0.1, 0.15) is 11.6 Å². The number of nitrogens with zero attached hydrogens (tertiary/aromatic N) is 1. The molecule has 0 atom stereocenters. The third kappa shape index (κ3) is 2.19. The van der Waals surface area contributed by atoms with Gasteiger partial charge in [-0.3, -0.25) is 4.98 Å². The van der Waals surface area contributed by atoms with Gasteiger partial charge in [0.15, 0.2) is 0 Å². The summed E-state index contributed by atoms with van der Waals surface area (Å²) in [4.78, 5) is 3.96. The molecule has 0 amide bonds. The van der Waals surface area contributed by atoms with E-state index in [1.54, 1.807) is 30.6 Å². The topological polar surface area (TPSA) is 22.1 Å². The summed E-state index contributed by atoms with van der Waals surface area (Å²) in [6.07, 6.45) is 3.30. The quantitative estimate of drug-likeness (QED) is 0.787. The van der Waals surface area contributed by atoms with Gasteiger partial charge in [0, 0.05) is 29.6 Å². The normalized spacial score (nSPS) is 10.1. The van der Waals surface area contributed by atoms with Crippen molar-refractivity contribution < 1.29 is 9.13 Å². The second kappa shape index (κ2) is 4.75. The number of aromatic nitrogens is 1. The molecule has 1 aromatic carbocycles. The van der Waals surface area contributed by atoms with Crippen molar-refractivity contribution in [2.75, 3.05) is 6.61 Å². The Kier molecular flexibility index (Phi) is 3.15. The molecule has 2 aromatic rings. The van der Waals surface area contributed by atoms with Crippen LogP contribution in [0.4, 0.5) is 4.39 Å². The Balaban J connectivity index is 2.37. The van der Waals surface area contributed by atoms with Gasteiger partial charge in [-0.05, 0) is 25.1 Å². The molecule has 0 aliphatic heterocycles. The maximum Gasteiger partial charge on any atom is 0.134 e. The lowest BCUT2D eigenvalue weighted by atomic mass is 10.1. The Morgan fingerprint density at radius 2 is 2.19 bits per heavy atom. The van der Waals surface area contributed by atoms with Crippen LogP contribution in [0.25, 0.3) is 11.1 Å². The van der Waals surface area contributed by atoms with Crippen LogP contribution in [0.1, 0.15) is 6.92 Å². The number of benzene rings is 1. The largest absolute Gasteiger partial charge is 0.494 e. The molecule has 0 radical (unpaired) electrons. The highest BCUT2D eigenvalue weighted by Crippen LogP contribution is 2.25. The average Bonchev–Trinajstić information content (AvgIpc) is 2.31. The van der Waals surface area contributed by atoms with E-state index in [4.69, 9.17) is 4.74 Å². The van der Waals surface area contributed by atoms with Crippen molar-refractivity contribution in [1.82, 2.24) is 4.98 Å². The summed E-state index contributed by atoms with van der Waals surface area (Å²) in [5.74, 6) is 0.256. The predicted octanol–water partition coefficient (Wildman–Crippen LogP) is 3.29. The number of pyridine rings is 1. The first-order valence-electron chi connectivity index (χ1n) is 5.14. The molecule has 0 bridgehead atoms. The van der Waals surface area contributed by atoms with Gasteiger partial charge in [0.25, 0.3) is 0 Å². The second-order valence-corrected chi connectivity index (χ2v) is 3.32. The molecule has 0 saturated heterocycles. The molecule has 0 saturated carbocycles. The van der Waals surface area contributed by atoms with E-state index in [9.17, 15) is 4.39 Å². The van der Waals surface area contributed by atoms with E-state index in [1.165, 1.54) is 6.07 Å². The lowest BCUT2D eigenvalue weighted by molar-refractivity contribution is 0.338. The second-order valence-electron chi connectivity index (χ2n) is 3.32. The molecular weight excluding hydrogens is 205 g/mol. The minimum Gasteiger partial charge on any atom is -0.494 e. The molecule has 0 spiro atoms. The van der Waals surface area contributed by atoms with Crippen LogP contribution in [0.2, 0.25) is 0 Å². The van der Waals surface area contributed by atoms with Gasteiger partial charge in [-0.15, -0.1) is 0 Å². The van der Waals surface area contributed by atoms with Gasteiger partial charge < -0.3 is 4.74 Å². The summed E-state index contributed by atoms with van der Waals surface area (Å²) in [5.41, 5.74) is 1.31. The van der Waals surface area contributed by atoms with E-state index in [2.05, 4.69) is 4.98 Å². The third-order valence-electron chi connectivity index (χ3n) is 2.22. The van der Waals surface area contributed by atoms with Crippen LogP contribution in [0, 0.1) is 5.82 Å². The van der Waals surface area contributed by atoms with Crippen molar-refractivity contribution >= 4 is 0 Å². The fourth-order valence-electron chi connectivity index (χ4n) is 1.51. The Morgan fingerprint density at radius 3 is 2.81 bits per heavy atom. The Labute approximate surface area is 93.7 Å². The number of rotatable bonds is 3. The average molecular weight is 217 g/mol. The third-order valence-corrected chi connectivity index (χ3v) is 2.22. The first kappa shape index (κ1) is 10.6. The van der Waals surface area contributed by atoms with E-state index in [0.29, 0.717) is 17.9 Å². The van der Waals surface area contributed by atoms with Crippen LogP contribution in [0.3, 0.4) is 0 Å². The van der Waals surface area contributed by atoms with Crippen molar-refractivity contribution in [3.05, 3.63) is 48.5 Å². The summed E-state index contributed by atoms with van der Waals surface area (Å²) in [6.45, 7) is 2.40. The van der Waals surface area contributed by atoms with Gasteiger partial charge in [0.2, 0.25) is 0 Å². The summed E-state index contributed by atoms with van der Waals surface area (Å²) in [6, 6.07) is 8.47. The lowest BCUT2D eigenvalue weighted by Crippen LogP contribution is -1.93. The van der Waals surface area contributed by atoms with Gasteiger partial charge in [0.05, 0.1) is 6.61 Å². The van der Waals surface area contributed by atoms with Crippen LogP contribution in [0.15, 0.2) is 42.7 Å². The number of ether oxygens (including phenoxy) is 1. The highest BCUT2D eigenvalue weighted by atomic mass is 19.1. The van der Waals surface area contributed by atoms with Gasteiger partial charge in [-0.1, -0.05) is 6.07 Å². The van der Waals surface area contributed by atoms with E-state index < -0.39 is 0 Å². The molecule has 1 aromatic heterocycles. The molecule has 0 aliphatic carbocycles. The SMILES string of the molecule is CCOc1ccc(-c2cccnc2)c(F)c1. The van der Waals surface area contributed by atoms with Gasteiger partial charge >= 0.3 is 0 Å². The van der Waals surface area contributed by atoms with E-state index in [1.807, 2.05) is 13.0 Å². The van der Waals surface area contributed by atoms with Crippen LogP contribution < -0.4 is 4.74 Å². The molecular formula is C13H12FNO. The highest BCUT2D eigenvalue weighted by molar-refractivity contribution is 5.63. The maximum atomic E-state index is 13.8. The number of halogens is 1. The lowest BCUT2D eigenvalue weighted by Gasteiger charge is -2.06. The maximum absolute atomic E-state index is 13.8. The first-order chi connectivity index (χ1) is 7.81. The van der Waals surface area contributed by atoms with Gasteiger partial charge in [-0.2, -0.15) is 0 Å². The number of hydrogen-bond acceptors (Lipinski definition) is 2. The summed E-state index contributed by atoms with van der Waals surface area (Å²) < 4.78 is 19.0. The molecule has 3 heteroatoms. The Morgan fingerprint density at radius 1 is 1.31 bits per heavy atom. The highest BCUT2D eigenvalue weighted by Gasteiger charge is 2.06. The van der Waals surface area contributed by atoms with Crippen molar-refractivity contribution in [3.8, 4) is 16.9 Å². The zero-order valence-electron chi connectivity index (χ0n) is 8.98. The fraction of sp³-hybridized carbons (Fsp3) is 0.154. The monoisotopic (exact) mass is 217 g/mol. The minimum atomic E-state index is -0.293. The van der Waals surface area contributed by atoms with E-state index in [0.717, 1.165) is 5.56 Å². The van der Waals surface area contributed by atoms with E-state index >= 15 is 0 Å². The Bertz CT molecular complexity index is 471. The zero-order valence-corrected chi connectivity index (χ0v) is 8.98. The minimum absolute atomic E-state index is 0.293. The zero-order chi connectivity index (χ0) is 11.4. The standard InChI is InChI=1S/C13H12FNO/c1-2-16-11-5-6-12(13(14)8-11)10-4-3-7-15-9-10/h3-9H,2H2,1H3. The summed E-state index contributed by atoms with van der Waals surface area (Å²) >= 11 is 0. The molecule has 0 unspecified atom stereocenters. The van der Waals surface area contributed by atoms with Crippen LogP contribution in [-0.2, 0) is 0 Å². The van der Waals surface area contributed by atoms with Crippen molar-refractivity contribution in [2.45, 2.75) is 6.92 Å². The molecule has 2 nitrogen and oxygen atoms in total. The van der Waals surface area contributed by atoms with Crippen LogP contribution in [0.5, 0.6) is 5.75 Å². The molecule has 0 aliphatic rings. The fourth-order valence-corrected chi connectivity index (χ4v) is 1.51. The van der Waals surface area contributed by atoms with Crippen molar-refractivity contribution in [3.63, 3.8) is 0 Å². The molecule has 1 heterocycles. The molecule has 0 fully saturated rings. The predicted molar refractivity (Wildman–Crippen MR) is 60.8 cm³/mol. The molecule has 16 heavy (non-hydrogen) atoms. The molecule has 2 rings (SSSR count). The van der Waals surface area contributed by atoms with E-state index in [-0.39, 0.29) is 5.82 Å². The Hall–Kier alpha value is -1.90. The van der Waals surface area contributed by atoms with Crippen molar-refractivity contribution in [2.24, 2.45) is 0 Å². The molecule has 82 valence electrons. The van der Waals surface area contributed by atoms with Gasteiger partial charge in [-0.25, -0.2) is 4.39 Å².